The zero-order valence-corrected chi connectivity index (χ0v) is 10.8. The molecular formula is C15H19N3. The molecule has 0 radical (unpaired) electrons. The lowest BCUT2D eigenvalue weighted by Gasteiger charge is -2.26. The quantitative estimate of drug-likeness (QED) is 0.877. The van der Waals surface area contributed by atoms with Crippen molar-refractivity contribution in [1.29, 1.82) is 0 Å². The Morgan fingerprint density at radius 3 is 3.00 bits per heavy atom. The summed E-state index contributed by atoms with van der Waals surface area (Å²) in [4.78, 5) is 4.40. The first kappa shape index (κ1) is 11.5. The predicted octanol–water partition coefficient (Wildman–Crippen LogP) is 2.38. The van der Waals surface area contributed by atoms with Crippen LogP contribution in [0.25, 0.3) is 0 Å². The molecule has 94 valence electrons. The first-order valence-corrected chi connectivity index (χ1v) is 6.58. The van der Waals surface area contributed by atoms with Crippen molar-refractivity contribution in [3.63, 3.8) is 0 Å². The Hall–Kier alpha value is -1.61. The summed E-state index contributed by atoms with van der Waals surface area (Å²) in [6.45, 7) is 3.75. The predicted molar refractivity (Wildman–Crippen MR) is 72.4 cm³/mol. The van der Waals surface area contributed by atoms with Crippen LogP contribution in [0.15, 0.2) is 30.5 Å². The van der Waals surface area contributed by atoms with E-state index in [0.717, 1.165) is 18.8 Å². The van der Waals surface area contributed by atoms with Crippen LogP contribution in [0.5, 0.6) is 0 Å². The van der Waals surface area contributed by atoms with Crippen molar-refractivity contribution in [2.75, 3.05) is 0 Å². The number of nitrogens with two attached hydrogens (primary N) is 1. The highest BCUT2D eigenvalue weighted by Crippen LogP contribution is 2.31. The first-order chi connectivity index (χ1) is 8.79. The minimum Gasteiger partial charge on any atom is -0.330 e. The van der Waals surface area contributed by atoms with E-state index in [1.807, 2.05) is 6.20 Å². The van der Waals surface area contributed by atoms with E-state index in [0.29, 0.717) is 12.5 Å². The van der Waals surface area contributed by atoms with Crippen LogP contribution >= 0.6 is 0 Å². The number of nitrogens with zero attached hydrogens (tertiary/aromatic N) is 2. The standard InChI is InChI=1S/C15H19N3/c1-11-4-2-3-5-14(11)12-6-7-13-9-17-15(8-16)18(13)10-12/h2-5,9,12H,6-8,10,16H2,1H3. The fraction of sp³-hybridized carbons (Fsp3) is 0.400. The molecule has 0 fully saturated rings. The van der Waals surface area contributed by atoms with Gasteiger partial charge in [-0.25, -0.2) is 4.98 Å². The Balaban J connectivity index is 1.93. The second kappa shape index (κ2) is 4.58. The topological polar surface area (TPSA) is 43.8 Å². The van der Waals surface area contributed by atoms with E-state index in [1.165, 1.54) is 23.2 Å². The Morgan fingerprint density at radius 2 is 2.22 bits per heavy atom. The number of rotatable bonds is 2. The van der Waals surface area contributed by atoms with Gasteiger partial charge in [-0.1, -0.05) is 24.3 Å². The molecule has 1 unspecified atom stereocenters. The molecule has 1 aliphatic heterocycles. The minimum absolute atomic E-state index is 0.528. The summed E-state index contributed by atoms with van der Waals surface area (Å²) in [5, 5.41) is 0. The molecule has 1 aliphatic rings. The number of hydrogen-bond acceptors (Lipinski definition) is 2. The van der Waals surface area contributed by atoms with Gasteiger partial charge >= 0.3 is 0 Å². The zero-order chi connectivity index (χ0) is 12.5. The van der Waals surface area contributed by atoms with Gasteiger partial charge in [-0.05, 0) is 30.9 Å². The Morgan fingerprint density at radius 1 is 1.39 bits per heavy atom. The molecule has 3 nitrogen and oxygen atoms in total. The fourth-order valence-electron chi connectivity index (χ4n) is 2.97. The van der Waals surface area contributed by atoms with Crippen molar-refractivity contribution in [2.45, 2.75) is 38.8 Å². The molecule has 1 aromatic heterocycles. The molecule has 0 bridgehead atoms. The van der Waals surface area contributed by atoms with Crippen LogP contribution in [0.3, 0.4) is 0 Å². The third-order valence-corrected chi connectivity index (χ3v) is 3.98. The van der Waals surface area contributed by atoms with Crippen LogP contribution in [0.2, 0.25) is 0 Å². The molecule has 0 spiro atoms. The van der Waals surface area contributed by atoms with Crippen molar-refractivity contribution in [3.05, 3.63) is 53.1 Å². The summed E-state index contributed by atoms with van der Waals surface area (Å²) in [6, 6.07) is 8.69. The van der Waals surface area contributed by atoms with Gasteiger partial charge in [-0.2, -0.15) is 0 Å². The van der Waals surface area contributed by atoms with E-state index >= 15 is 0 Å². The van der Waals surface area contributed by atoms with E-state index < -0.39 is 0 Å². The van der Waals surface area contributed by atoms with E-state index in [2.05, 4.69) is 40.7 Å². The van der Waals surface area contributed by atoms with Crippen LogP contribution in [0.1, 0.15) is 35.0 Å². The van der Waals surface area contributed by atoms with Gasteiger partial charge in [0.1, 0.15) is 5.82 Å². The van der Waals surface area contributed by atoms with Gasteiger partial charge in [0.15, 0.2) is 0 Å². The second-order valence-electron chi connectivity index (χ2n) is 5.07. The van der Waals surface area contributed by atoms with Crippen molar-refractivity contribution in [1.82, 2.24) is 9.55 Å². The number of aromatic nitrogens is 2. The van der Waals surface area contributed by atoms with Crippen molar-refractivity contribution < 1.29 is 0 Å². The third kappa shape index (κ3) is 1.85. The zero-order valence-electron chi connectivity index (χ0n) is 10.8. The molecule has 0 saturated heterocycles. The molecule has 1 atom stereocenters. The Labute approximate surface area is 108 Å². The largest absolute Gasteiger partial charge is 0.330 e. The maximum Gasteiger partial charge on any atom is 0.122 e. The maximum absolute atomic E-state index is 5.75. The summed E-state index contributed by atoms with van der Waals surface area (Å²) >= 11 is 0. The molecule has 0 amide bonds. The highest BCUT2D eigenvalue weighted by molar-refractivity contribution is 5.30. The summed E-state index contributed by atoms with van der Waals surface area (Å²) in [5.74, 6) is 1.61. The van der Waals surface area contributed by atoms with Gasteiger partial charge < -0.3 is 10.3 Å². The highest BCUT2D eigenvalue weighted by atomic mass is 15.1. The molecule has 0 aliphatic carbocycles. The fourth-order valence-corrected chi connectivity index (χ4v) is 2.97. The normalized spacial score (nSPS) is 18.7. The van der Waals surface area contributed by atoms with Crippen LogP contribution in [-0.4, -0.2) is 9.55 Å². The smallest absolute Gasteiger partial charge is 0.122 e. The molecule has 1 aromatic carbocycles. The third-order valence-electron chi connectivity index (χ3n) is 3.98. The molecule has 2 heterocycles. The average molecular weight is 241 g/mol. The van der Waals surface area contributed by atoms with E-state index in [1.54, 1.807) is 0 Å². The molecule has 2 aromatic rings. The number of fused-ring (bicyclic) bond motifs is 1. The molecular weight excluding hydrogens is 222 g/mol. The van der Waals surface area contributed by atoms with Gasteiger partial charge in [0, 0.05) is 24.4 Å². The molecule has 0 saturated carbocycles. The van der Waals surface area contributed by atoms with Crippen LogP contribution in [0.4, 0.5) is 0 Å². The maximum atomic E-state index is 5.75. The average Bonchev–Trinajstić information content (AvgIpc) is 2.81. The Kier molecular flexibility index (Phi) is 2.92. The SMILES string of the molecule is Cc1ccccc1C1CCc2cnc(CN)n2C1. The number of aryl methyl sites for hydroxylation is 2. The summed E-state index contributed by atoms with van der Waals surface area (Å²) in [7, 11) is 0. The Bertz CT molecular complexity index is 543. The summed E-state index contributed by atoms with van der Waals surface area (Å²) < 4.78 is 2.31. The second-order valence-corrected chi connectivity index (χ2v) is 5.07. The molecule has 3 rings (SSSR count). The van der Waals surface area contributed by atoms with Crippen molar-refractivity contribution >= 4 is 0 Å². The van der Waals surface area contributed by atoms with E-state index in [9.17, 15) is 0 Å². The number of hydrogen-bond donors (Lipinski definition) is 1. The minimum atomic E-state index is 0.528. The summed E-state index contributed by atoms with van der Waals surface area (Å²) in [5.41, 5.74) is 9.94. The van der Waals surface area contributed by atoms with Gasteiger partial charge in [0.25, 0.3) is 0 Å². The van der Waals surface area contributed by atoms with E-state index in [-0.39, 0.29) is 0 Å². The molecule has 18 heavy (non-hydrogen) atoms. The van der Waals surface area contributed by atoms with Gasteiger partial charge in [0.2, 0.25) is 0 Å². The first-order valence-electron chi connectivity index (χ1n) is 6.58. The highest BCUT2D eigenvalue weighted by Gasteiger charge is 2.22. The lowest BCUT2D eigenvalue weighted by molar-refractivity contribution is 0.450. The van der Waals surface area contributed by atoms with Crippen LogP contribution in [0, 0.1) is 6.92 Å². The summed E-state index contributed by atoms with van der Waals surface area (Å²) in [6.07, 6.45) is 4.29. The molecule has 3 heteroatoms. The van der Waals surface area contributed by atoms with E-state index in [4.69, 9.17) is 5.73 Å². The van der Waals surface area contributed by atoms with Crippen molar-refractivity contribution in [3.8, 4) is 0 Å². The van der Waals surface area contributed by atoms with Gasteiger partial charge in [0.05, 0.1) is 6.54 Å². The van der Waals surface area contributed by atoms with Gasteiger partial charge in [-0.3, -0.25) is 0 Å². The van der Waals surface area contributed by atoms with Crippen molar-refractivity contribution in [2.24, 2.45) is 5.73 Å². The lowest BCUT2D eigenvalue weighted by Crippen LogP contribution is -2.21. The number of imidazole rings is 1. The van der Waals surface area contributed by atoms with Crippen LogP contribution < -0.4 is 5.73 Å². The molecule has 2 N–H and O–H groups in total. The lowest BCUT2D eigenvalue weighted by atomic mass is 9.88. The monoisotopic (exact) mass is 241 g/mol. The van der Waals surface area contributed by atoms with Gasteiger partial charge in [-0.15, -0.1) is 0 Å². The number of benzene rings is 1. The van der Waals surface area contributed by atoms with Crippen LogP contribution in [-0.2, 0) is 19.5 Å².